The van der Waals surface area contributed by atoms with Gasteiger partial charge in [-0.2, -0.15) is 0 Å². The van der Waals surface area contributed by atoms with Gasteiger partial charge in [0.05, 0.1) is 13.2 Å². The molecule has 0 radical (unpaired) electrons. The fraction of sp³-hybridized carbons (Fsp3) is 1.00. The van der Waals surface area contributed by atoms with Crippen LogP contribution in [0.15, 0.2) is 0 Å². The van der Waals surface area contributed by atoms with Gasteiger partial charge in [0.2, 0.25) is 0 Å². The summed E-state index contributed by atoms with van der Waals surface area (Å²) in [6.45, 7) is 12.4. The lowest BCUT2D eigenvalue weighted by atomic mass is 9.97. The summed E-state index contributed by atoms with van der Waals surface area (Å²) in [6.07, 6.45) is 5.56. The zero-order chi connectivity index (χ0) is 14.0. The van der Waals surface area contributed by atoms with Crippen molar-refractivity contribution in [2.24, 2.45) is 0 Å². The van der Waals surface area contributed by atoms with Gasteiger partial charge in [-0.05, 0) is 39.7 Å². The highest BCUT2D eigenvalue weighted by Crippen LogP contribution is 2.27. The van der Waals surface area contributed by atoms with Crippen molar-refractivity contribution in [3.63, 3.8) is 0 Å². The molecule has 4 nitrogen and oxygen atoms in total. The number of nitrogens with one attached hydrogen (secondary N) is 1. The van der Waals surface area contributed by atoms with Gasteiger partial charge in [0.25, 0.3) is 0 Å². The van der Waals surface area contributed by atoms with Crippen molar-refractivity contribution in [1.82, 2.24) is 15.1 Å². The number of piperidine rings is 1. The Morgan fingerprint density at radius 3 is 2.65 bits per heavy atom. The van der Waals surface area contributed by atoms with Crippen molar-refractivity contribution in [1.29, 1.82) is 0 Å². The summed E-state index contributed by atoms with van der Waals surface area (Å²) >= 11 is 0. The summed E-state index contributed by atoms with van der Waals surface area (Å²) in [5, 5.41) is 3.89. The van der Waals surface area contributed by atoms with Gasteiger partial charge in [0.1, 0.15) is 0 Å². The number of morpholine rings is 1. The van der Waals surface area contributed by atoms with E-state index < -0.39 is 0 Å². The summed E-state index contributed by atoms with van der Waals surface area (Å²) in [4.78, 5) is 5.29. The van der Waals surface area contributed by atoms with Crippen molar-refractivity contribution in [3.8, 4) is 0 Å². The van der Waals surface area contributed by atoms with Gasteiger partial charge in [-0.25, -0.2) is 0 Å². The summed E-state index contributed by atoms with van der Waals surface area (Å²) in [7, 11) is 0. The molecule has 2 atom stereocenters. The molecule has 116 valence electrons. The highest BCUT2D eigenvalue weighted by Gasteiger charge is 2.36. The van der Waals surface area contributed by atoms with Crippen LogP contribution in [-0.2, 0) is 4.74 Å². The second kappa shape index (κ2) is 6.30. The molecular formula is C16H31N3O. The maximum absolute atomic E-state index is 5.47. The average Bonchev–Trinajstić information content (AvgIpc) is 2.89. The Hall–Kier alpha value is -0.160. The maximum atomic E-state index is 5.47. The van der Waals surface area contributed by atoms with Gasteiger partial charge in [-0.1, -0.05) is 6.42 Å². The third-order valence-corrected chi connectivity index (χ3v) is 5.52. The van der Waals surface area contributed by atoms with E-state index in [1.54, 1.807) is 0 Å². The van der Waals surface area contributed by atoms with Gasteiger partial charge in [0.15, 0.2) is 0 Å². The molecule has 3 fully saturated rings. The van der Waals surface area contributed by atoms with Crippen LogP contribution in [0.3, 0.4) is 0 Å². The van der Waals surface area contributed by atoms with Crippen molar-refractivity contribution in [3.05, 3.63) is 0 Å². The van der Waals surface area contributed by atoms with E-state index in [0.29, 0.717) is 0 Å². The van der Waals surface area contributed by atoms with Crippen LogP contribution in [0.5, 0.6) is 0 Å². The Labute approximate surface area is 123 Å². The number of fused-ring (bicyclic) bond motifs is 1. The molecule has 3 aliphatic rings. The molecule has 0 aromatic heterocycles. The summed E-state index contributed by atoms with van der Waals surface area (Å²) < 4.78 is 5.47. The molecule has 0 aliphatic carbocycles. The predicted molar refractivity (Wildman–Crippen MR) is 82.1 cm³/mol. The van der Waals surface area contributed by atoms with Crippen LogP contribution in [0.25, 0.3) is 0 Å². The first-order valence-electron chi connectivity index (χ1n) is 8.47. The second-order valence-corrected chi connectivity index (χ2v) is 7.29. The normalized spacial score (nSPS) is 33.3. The Balaban J connectivity index is 1.50. The first-order valence-corrected chi connectivity index (χ1v) is 8.47. The Morgan fingerprint density at radius 1 is 1.05 bits per heavy atom. The quantitative estimate of drug-likeness (QED) is 0.841. The lowest BCUT2D eigenvalue weighted by molar-refractivity contribution is -0.0108. The van der Waals surface area contributed by atoms with E-state index >= 15 is 0 Å². The van der Waals surface area contributed by atoms with Crippen molar-refractivity contribution in [2.75, 3.05) is 45.9 Å². The van der Waals surface area contributed by atoms with E-state index in [9.17, 15) is 0 Å². The van der Waals surface area contributed by atoms with Crippen molar-refractivity contribution < 1.29 is 4.74 Å². The molecule has 0 saturated carbocycles. The fourth-order valence-electron chi connectivity index (χ4n) is 4.15. The van der Waals surface area contributed by atoms with Crippen LogP contribution in [0, 0.1) is 0 Å². The van der Waals surface area contributed by atoms with Crippen LogP contribution in [0.1, 0.15) is 39.5 Å². The van der Waals surface area contributed by atoms with Crippen LogP contribution in [-0.4, -0.2) is 73.4 Å². The highest BCUT2D eigenvalue weighted by molar-refractivity contribution is 4.96. The van der Waals surface area contributed by atoms with E-state index in [1.807, 2.05) is 0 Å². The SMILES string of the molecule is CC(C)(CNC1CCN2CCCCC12)N1CCOCC1. The van der Waals surface area contributed by atoms with Crippen LogP contribution >= 0.6 is 0 Å². The molecule has 0 aromatic carbocycles. The largest absolute Gasteiger partial charge is 0.379 e. The molecule has 20 heavy (non-hydrogen) atoms. The van der Waals surface area contributed by atoms with Crippen molar-refractivity contribution >= 4 is 0 Å². The summed E-state index contributed by atoms with van der Waals surface area (Å²) in [5.41, 5.74) is 0.242. The van der Waals surface area contributed by atoms with E-state index in [-0.39, 0.29) is 5.54 Å². The molecule has 3 aliphatic heterocycles. The van der Waals surface area contributed by atoms with E-state index in [1.165, 1.54) is 38.8 Å². The Bertz CT molecular complexity index is 315. The van der Waals surface area contributed by atoms with Crippen LogP contribution < -0.4 is 5.32 Å². The fourth-order valence-corrected chi connectivity index (χ4v) is 4.15. The first kappa shape index (κ1) is 14.8. The van der Waals surface area contributed by atoms with E-state index in [2.05, 4.69) is 29.0 Å². The van der Waals surface area contributed by atoms with Gasteiger partial charge < -0.3 is 10.1 Å². The number of ether oxygens (including phenoxy) is 1. The average molecular weight is 281 g/mol. The Morgan fingerprint density at radius 2 is 1.85 bits per heavy atom. The smallest absolute Gasteiger partial charge is 0.0594 e. The minimum Gasteiger partial charge on any atom is -0.379 e. The molecule has 3 rings (SSSR count). The van der Waals surface area contributed by atoms with Crippen LogP contribution in [0.2, 0.25) is 0 Å². The third-order valence-electron chi connectivity index (χ3n) is 5.52. The monoisotopic (exact) mass is 281 g/mol. The van der Waals surface area contributed by atoms with Gasteiger partial charge in [-0.15, -0.1) is 0 Å². The maximum Gasteiger partial charge on any atom is 0.0594 e. The third kappa shape index (κ3) is 3.19. The number of rotatable bonds is 4. The molecule has 0 spiro atoms. The zero-order valence-corrected chi connectivity index (χ0v) is 13.2. The van der Waals surface area contributed by atoms with Gasteiger partial charge in [0, 0.05) is 43.8 Å². The Kier molecular flexibility index (Phi) is 4.65. The molecule has 2 unspecified atom stereocenters. The first-order chi connectivity index (χ1) is 9.67. The zero-order valence-electron chi connectivity index (χ0n) is 13.2. The van der Waals surface area contributed by atoms with Gasteiger partial charge in [-0.3, -0.25) is 9.80 Å². The molecule has 0 bridgehead atoms. The van der Waals surface area contributed by atoms with E-state index in [0.717, 1.165) is 44.9 Å². The van der Waals surface area contributed by atoms with Gasteiger partial charge >= 0.3 is 0 Å². The molecule has 4 heteroatoms. The molecule has 0 amide bonds. The van der Waals surface area contributed by atoms with E-state index in [4.69, 9.17) is 4.74 Å². The summed E-state index contributed by atoms with van der Waals surface area (Å²) in [5.74, 6) is 0. The molecule has 1 N–H and O–H groups in total. The number of hydrogen-bond donors (Lipinski definition) is 1. The molecule has 3 heterocycles. The predicted octanol–water partition coefficient (Wildman–Crippen LogP) is 1.31. The van der Waals surface area contributed by atoms with Crippen molar-refractivity contribution in [2.45, 2.75) is 57.2 Å². The molecule has 0 aromatic rings. The standard InChI is InChI=1S/C16H31N3O/c1-16(2,19-9-11-20-12-10-19)13-17-14-6-8-18-7-4-3-5-15(14)18/h14-15,17H,3-13H2,1-2H3. The summed E-state index contributed by atoms with van der Waals surface area (Å²) in [6, 6.07) is 1.53. The van der Waals surface area contributed by atoms with Crippen LogP contribution in [0.4, 0.5) is 0 Å². The minimum absolute atomic E-state index is 0.242. The number of nitrogens with zero attached hydrogens (tertiary/aromatic N) is 2. The lowest BCUT2D eigenvalue weighted by Gasteiger charge is -2.42. The number of hydrogen-bond acceptors (Lipinski definition) is 4. The highest BCUT2D eigenvalue weighted by atomic mass is 16.5. The topological polar surface area (TPSA) is 27.7 Å². The molecule has 3 saturated heterocycles. The lowest BCUT2D eigenvalue weighted by Crippen LogP contribution is -2.57. The second-order valence-electron chi connectivity index (χ2n) is 7.29. The molecular weight excluding hydrogens is 250 g/mol. The minimum atomic E-state index is 0.242.